The van der Waals surface area contributed by atoms with E-state index in [9.17, 15) is 4.39 Å². The van der Waals surface area contributed by atoms with E-state index >= 15 is 0 Å². The smallest absolute Gasteiger partial charge is 0.125 e. The molecule has 2 rings (SSSR count). The van der Waals surface area contributed by atoms with Gasteiger partial charge in [-0.2, -0.15) is 0 Å². The Balaban J connectivity index is 2.19. The molecule has 2 aromatic carbocycles. The van der Waals surface area contributed by atoms with Crippen LogP contribution in [0.15, 0.2) is 43.7 Å². The van der Waals surface area contributed by atoms with E-state index < -0.39 is 0 Å². The molecule has 0 saturated carbocycles. The summed E-state index contributed by atoms with van der Waals surface area (Å²) in [6.07, 6.45) is 0. The Kier molecular flexibility index (Phi) is 5.29. The van der Waals surface area contributed by atoms with Crippen LogP contribution in [-0.2, 0) is 6.54 Å². The Morgan fingerprint density at radius 2 is 1.63 bits per heavy atom. The Labute approximate surface area is 140 Å². The third-order valence-corrected chi connectivity index (χ3v) is 4.33. The number of nitrogens with one attached hydrogen (secondary N) is 1. The molecule has 0 saturated heterocycles. The van der Waals surface area contributed by atoms with Gasteiger partial charge in [-0.15, -0.1) is 0 Å². The molecule has 0 fully saturated rings. The molecule has 2 aromatic rings. The molecule has 19 heavy (non-hydrogen) atoms. The third-order valence-electron chi connectivity index (χ3n) is 2.40. The fourth-order valence-electron chi connectivity index (χ4n) is 1.61. The van der Waals surface area contributed by atoms with Gasteiger partial charge in [-0.1, -0.05) is 27.5 Å². The first-order valence-corrected chi connectivity index (χ1v) is 8.05. The van der Waals surface area contributed by atoms with Crippen molar-refractivity contribution in [3.05, 3.63) is 60.2 Å². The minimum atomic E-state index is -0.335. The fraction of sp³-hybridized carbons (Fsp3) is 0.0769. The van der Waals surface area contributed by atoms with Gasteiger partial charge in [0.05, 0.1) is 5.69 Å². The maximum absolute atomic E-state index is 13.2. The van der Waals surface area contributed by atoms with Gasteiger partial charge in [0, 0.05) is 25.0 Å². The zero-order valence-electron chi connectivity index (χ0n) is 9.48. The van der Waals surface area contributed by atoms with Crippen molar-refractivity contribution >= 4 is 65.1 Å². The van der Waals surface area contributed by atoms with Gasteiger partial charge in [-0.3, -0.25) is 0 Å². The fourth-order valence-corrected chi connectivity index (χ4v) is 4.40. The first-order valence-electron chi connectivity index (χ1n) is 5.29. The average molecular weight is 472 g/mol. The Morgan fingerprint density at radius 1 is 1.00 bits per heavy atom. The Morgan fingerprint density at radius 3 is 2.21 bits per heavy atom. The predicted molar refractivity (Wildman–Crippen MR) is 88.3 cm³/mol. The van der Waals surface area contributed by atoms with E-state index in [0.717, 1.165) is 24.7 Å². The van der Waals surface area contributed by atoms with Gasteiger partial charge in [0.15, 0.2) is 0 Å². The zero-order valence-corrected chi connectivity index (χ0v) is 15.0. The van der Waals surface area contributed by atoms with Gasteiger partial charge in [0.1, 0.15) is 5.82 Å². The number of rotatable bonds is 3. The summed E-state index contributed by atoms with van der Waals surface area (Å²) in [7, 11) is 0. The Bertz CT molecular complexity index is 576. The van der Waals surface area contributed by atoms with Crippen LogP contribution in [0, 0.1) is 5.82 Å². The van der Waals surface area contributed by atoms with Crippen molar-refractivity contribution in [2.24, 2.45) is 0 Å². The molecule has 0 aliphatic heterocycles. The molecule has 100 valence electrons. The van der Waals surface area contributed by atoms with E-state index in [1.54, 1.807) is 6.07 Å². The lowest BCUT2D eigenvalue weighted by Crippen LogP contribution is -2.01. The van der Waals surface area contributed by atoms with E-state index in [0.29, 0.717) is 11.6 Å². The summed E-state index contributed by atoms with van der Waals surface area (Å²) in [5, 5.41) is 3.63. The number of benzene rings is 2. The lowest BCUT2D eigenvalue weighted by Gasteiger charge is -2.12. The van der Waals surface area contributed by atoms with E-state index in [-0.39, 0.29) is 5.82 Å². The highest BCUT2D eigenvalue weighted by Crippen LogP contribution is 2.34. The van der Waals surface area contributed by atoms with Gasteiger partial charge in [-0.05, 0) is 67.8 Å². The molecular formula is C13H8Br3ClFN. The van der Waals surface area contributed by atoms with Crippen LogP contribution in [0.2, 0.25) is 5.02 Å². The number of halogens is 5. The molecule has 0 aliphatic carbocycles. The lowest BCUT2D eigenvalue weighted by atomic mass is 10.2. The van der Waals surface area contributed by atoms with Crippen LogP contribution < -0.4 is 5.32 Å². The highest BCUT2D eigenvalue weighted by atomic mass is 79.9. The van der Waals surface area contributed by atoms with Crippen molar-refractivity contribution in [3.8, 4) is 0 Å². The van der Waals surface area contributed by atoms with Crippen molar-refractivity contribution < 1.29 is 4.39 Å². The molecule has 1 N–H and O–H groups in total. The largest absolute Gasteiger partial charge is 0.379 e. The number of hydrogen-bond acceptors (Lipinski definition) is 1. The highest BCUT2D eigenvalue weighted by molar-refractivity contribution is 9.11. The molecule has 0 aliphatic rings. The van der Waals surface area contributed by atoms with E-state index in [4.69, 9.17) is 11.6 Å². The molecule has 0 amide bonds. The normalized spacial score (nSPS) is 10.6. The van der Waals surface area contributed by atoms with Crippen molar-refractivity contribution in [2.45, 2.75) is 6.54 Å². The van der Waals surface area contributed by atoms with Crippen molar-refractivity contribution in [1.29, 1.82) is 0 Å². The summed E-state index contributed by atoms with van der Waals surface area (Å²) in [5.74, 6) is -0.335. The molecular weight excluding hydrogens is 464 g/mol. The van der Waals surface area contributed by atoms with Gasteiger partial charge in [-0.25, -0.2) is 4.39 Å². The topological polar surface area (TPSA) is 12.0 Å². The molecule has 6 heteroatoms. The van der Waals surface area contributed by atoms with Crippen LogP contribution in [0.1, 0.15) is 5.56 Å². The van der Waals surface area contributed by atoms with Gasteiger partial charge in [0.2, 0.25) is 0 Å². The molecule has 0 bridgehead atoms. The number of hydrogen-bond donors (Lipinski definition) is 1. The molecule has 0 radical (unpaired) electrons. The molecule has 1 nitrogen and oxygen atoms in total. The van der Waals surface area contributed by atoms with Gasteiger partial charge < -0.3 is 5.32 Å². The second-order valence-electron chi connectivity index (χ2n) is 3.88. The number of anilines is 1. The van der Waals surface area contributed by atoms with E-state index in [1.807, 2.05) is 12.1 Å². The first kappa shape index (κ1) is 15.3. The van der Waals surface area contributed by atoms with Crippen molar-refractivity contribution in [1.82, 2.24) is 0 Å². The quantitative estimate of drug-likeness (QED) is 0.547. The predicted octanol–water partition coefficient (Wildman–Crippen LogP) is 6.38. The molecule has 0 unspecified atom stereocenters. The summed E-state index contributed by atoms with van der Waals surface area (Å²) in [6.45, 7) is 0.482. The third kappa shape index (κ3) is 4.18. The maximum atomic E-state index is 13.2. The van der Waals surface area contributed by atoms with Crippen LogP contribution in [0.3, 0.4) is 0 Å². The summed E-state index contributed by atoms with van der Waals surface area (Å²) >= 11 is 16.2. The van der Waals surface area contributed by atoms with Crippen LogP contribution in [0.4, 0.5) is 10.1 Å². The SMILES string of the molecule is Fc1cc(Cl)cc(CNc2c(Br)cc(Br)cc2Br)c1. The van der Waals surface area contributed by atoms with Crippen LogP contribution in [0.25, 0.3) is 0 Å². The second kappa shape index (κ2) is 6.57. The van der Waals surface area contributed by atoms with Gasteiger partial charge >= 0.3 is 0 Å². The highest BCUT2D eigenvalue weighted by Gasteiger charge is 2.07. The minimum absolute atomic E-state index is 0.335. The van der Waals surface area contributed by atoms with Crippen molar-refractivity contribution in [2.75, 3.05) is 5.32 Å². The van der Waals surface area contributed by atoms with E-state index in [2.05, 4.69) is 53.1 Å². The van der Waals surface area contributed by atoms with Gasteiger partial charge in [0.25, 0.3) is 0 Å². The van der Waals surface area contributed by atoms with Crippen molar-refractivity contribution in [3.63, 3.8) is 0 Å². The standard InChI is InChI=1S/C13H8Br3ClFN/c14-8-3-11(15)13(12(16)4-8)19-6-7-1-9(17)5-10(18)2-7/h1-5,19H,6H2. The van der Waals surface area contributed by atoms with E-state index in [1.165, 1.54) is 12.1 Å². The first-order chi connectivity index (χ1) is 8.95. The second-order valence-corrected chi connectivity index (χ2v) is 6.94. The molecule has 0 spiro atoms. The zero-order chi connectivity index (χ0) is 14.0. The summed E-state index contributed by atoms with van der Waals surface area (Å²) in [4.78, 5) is 0. The summed E-state index contributed by atoms with van der Waals surface area (Å²) < 4.78 is 16.0. The van der Waals surface area contributed by atoms with Crippen LogP contribution in [0.5, 0.6) is 0 Å². The van der Waals surface area contributed by atoms with Crippen LogP contribution >= 0.6 is 59.4 Å². The summed E-state index contributed by atoms with van der Waals surface area (Å²) in [6, 6.07) is 8.35. The molecule has 0 atom stereocenters. The maximum Gasteiger partial charge on any atom is 0.125 e. The van der Waals surface area contributed by atoms with Crippen LogP contribution in [-0.4, -0.2) is 0 Å². The minimum Gasteiger partial charge on any atom is -0.379 e. The Hall–Kier alpha value is -0.100. The molecule has 0 aromatic heterocycles. The lowest BCUT2D eigenvalue weighted by molar-refractivity contribution is 0.626. The average Bonchev–Trinajstić information content (AvgIpc) is 2.25. The monoisotopic (exact) mass is 469 g/mol. The summed E-state index contributed by atoms with van der Waals surface area (Å²) in [5.41, 5.74) is 1.69. The molecule has 0 heterocycles.